The van der Waals surface area contributed by atoms with Gasteiger partial charge in [0.05, 0.1) is 11.8 Å². The first-order valence-electron chi connectivity index (χ1n) is 12.3. The highest BCUT2D eigenvalue weighted by atomic mass is 35.5. The largest absolute Gasteiger partial charge is 0.410 e. The van der Waals surface area contributed by atoms with Gasteiger partial charge in [0.25, 0.3) is 11.8 Å². The highest BCUT2D eigenvalue weighted by Gasteiger charge is 2.53. The molecule has 2 aliphatic heterocycles. The predicted octanol–water partition coefficient (Wildman–Crippen LogP) is 0.544. The minimum absolute atomic E-state index is 0.0763. The average molecular weight is 605 g/mol. The van der Waals surface area contributed by atoms with E-state index in [1.165, 1.54) is 16.7 Å². The lowest BCUT2D eigenvalue weighted by atomic mass is 10.0. The van der Waals surface area contributed by atoms with E-state index in [0.717, 1.165) is 47.5 Å². The second-order valence-corrected chi connectivity index (χ2v) is 11.9. The number of rotatable bonds is 10. The van der Waals surface area contributed by atoms with Gasteiger partial charge in [-0.3, -0.25) is 19.3 Å². The van der Waals surface area contributed by atoms with Crippen LogP contribution in [-0.4, -0.2) is 74.2 Å². The first kappa shape index (κ1) is 27.9. The number of hydrogen-bond acceptors (Lipinski definition) is 11. The standard InChI is InChI=1S/C24H26ClN9O4S2/c1-28-5-3-7-33-13-4-2-6-32(14(13)8-16(33)26)9-12-11-39-23-19(22(37)34(23)15(12)10-35)29-21(36)18(31-38)17-20(25)40-24(27)30-17/h2,4,6,8,10,19,23,26,28H,3,5,7,9,11H2,1H3,(H4,27,29,30,36,38)/p+1. The molecule has 210 valence electrons. The van der Waals surface area contributed by atoms with Gasteiger partial charge in [-0.15, -0.1) is 11.8 Å². The number of nitrogens with one attached hydrogen (secondary N) is 2. The third-order valence-corrected chi connectivity index (χ3v) is 9.20. The molecule has 0 bridgehead atoms. The molecule has 0 saturated carbocycles. The normalized spacial score (nSPS) is 19.1. The van der Waals surface area contributed by atoms with E-state index >= 15 is 0 Å². The Balaban J connectivity index is 1.34. The quantitative estimate of drug-likeness (QED) is 0.0419. The summed E-state index contributed by atoms with van der Waals surface area (Å²) in [5.74, 6) is -0.173. The van der Waals surface area contributed by atoms with Gasteiger partial charge in [-0.1, -0.05) is 28.1 Å². The van der Waals surface area contributed by atoms with E-state index in [1.54, 1.807) is 0 Å². The lowest BCUT2D eigenvalue weighted by Gasteiger charge is -2.49. The van der Waals surface area contributed by atoms with Crippen LogP contribution in [-0.2, 0) is 27.5 Å². The number of thiazole rings is 1. The second-order valence-electron chi connectivity index (χ2n) is 9.18. The molecule has 0 spiro atoms. The molecule has 16 heteroatoms. The molecule has 2 amide bonds. The lowest BCUT2D eigenvalue weighted by molar-refractivity contribution is -0.663. The maximum atomic E-state index is 13.1. The van der Waals surface area contributed by atoms with E-state index in [9.17, 15) is 19.6 Å². The van der Waals surface area contributed by atoms with Crippen molar-refractivity contribution in [2.24, 2.45) is 5.16 Å². The van der Waals surface area contributed by atoms with Crippen LogP contribution in [0.5, 0.6) is 0 Å². The maximum absolute atomic E-state index is 13.1. The first-order chi connectivity index (χ1) is 19.3. The molecule has 0 aromatic carbocycles. The molecule has 5 rings (SSSR count). The number of anilines is 2. The number of aryl methyl sites for hydroxylation is 1. The summed E-state index contributed by atoms with van der Waals surface area (Å²) in [5.41, 5.74) is 14.4. The molecule has 1 fully saturated rings. The van der Waals surface area contributed by atoms with Gasteiger partial charge in [0.1, 0.15) is 32.8 Å². The zero-order valence-electron chi connectivity index (χ0n) is 21.3. The van der Waals surface area contributed by atoms with Gasteiger partial charge in [0.2, 0.25) is 5.52 Å². The fraction of sp³-hybridized carbons (Fsp3) is 0.333. The number of pyridine rings is 1. The van der Waals surface area contributed by atoms with Crippen LogP contribution < -0.4 is 26.7 Å². The van der Waals surface area contributed by atoms with E-state index in [4.69, 9.17) is 23.1 Å². The number of carbonyl (C=O) groups excluding carboxylic acids is 3. The summed E-state index contributed by atoms with van der Waals surface area (Å²) in [6.07, 6.45) is 3.51. The number of aldehydes is 1. The number of nitrogens with two attached hydrogens (primary N) is 2. The summed E-state index contributed by atoms with van der Waals surface area (Å²) in [6, 6.07) is 4.92. The van der Waals surface area contributed by atoms with Crippen LogP contribution in [0.15, 0.2) is 40.8 Å². The summed E-state index contributed by atoms with van der Waals surface area (Å²) < 4.78 is 4.15. The van der Waals surface area contributed by atoms with Crippen molar-refractivity contribution < 1.29 is 24.2 Å². The number of halogens is 1. The van der Waals surface area contributed by atoms with Crippen molar-refractivity contribution in [3.05, 3.63) is 45.7 Å². The number of carbonyl (C=O) groups is 3. The monoisotopic (exact) mass is 604 g/mol. The summed E-state index contributed by atoms with van der Waals surface area (Å²) >= 11 is 8.39. The summed E-state index contributed by atoms with van der Waals surface area (Å²) in [6.45, 7) is 2.02. The number of oxime groups is 1. The van der Waals surface area contributed by atoms with E-state index in [1.807, 2.05) is 36.0 Å². The van der Waals surface area contributed by atoms with Crippen LogP contribution in [0.2, 0.25) is 4.34 Å². The second kappa shape index (κ2) is 11.4. The smallest absolute Gasteiger partial charge is 0.276 e. The topological polar surface area (TPSA) is 185 Å². The molecular formula is C24H27ClN9O4S2+. The third-order valence-electron chi connectivity index (χ3n) is 6.78. The van der Waals surface area contributed by atoms with Crippen molar-refractivity contribution in [3.63, 3.8) is 0 Å². The van der Waals surface area contributed by atoms with Crippen LogP contribution in [0.4, 0.5) is 10.9 Å². The zero-order chi connectivity index (χ0) is 28.6. The molecule has 0 aliphatic carbocycles. The molecule has 5 heterocycles. The molecule has 1 saturated heterocycles. The fourth-order valence-electron chi connectivity index (χ4n) is 4.89. The Morgan fingerprint density at radius 3 is 2.90 bits per heavy atom. The van der Waals surface area contributed by atoms with Crippen molar-refractivity contribution >= 4 is 80.5 Å². The Hall–Kier alpha value is -3.66. The molecule has 40 heavy (non-hydrogen) atoms. The number of β-lactam (4-membered cyclic amide) rings is 1. The van der Waals surface area contributed by atoms with Crippen LogP contribution in [0.1, 0.15) is 12.1 Å². The molecule has 2 unspecified atom stereocenters. The average Bonchev–Trinajstić information content (AvgIpc) is 3.45. The van der Waals surface area contributed by atoms with Gasteiger partial charge >= 0.3 is 0 Å². The first-order valence-corrected chi connectivity index (χ1v) is 14.5. The number of thioether (sulfide) groups is 1. The van der Waals surface area contributed by atoms with E-state index < -0.39 is 28.9 Å². The maximum Gasteiger partial charge on any atom is 0.276 e. The zero-order valence-corrected chi connectivity index (χ0v) is 23.7. The number of fused-ring (bicyclic) bond motifs is 2. The molecule has 3 aromatic heterocycles. The van der Waals surface area contributed by atoms with E-state index in [2.05, 4.69) is 25.3 Å². The van der Waals surface area contributed by atoms with E-state index in [0.29, 0.717) is 24.4 Å². The summed E-state index contributed by atoms with van der Waals surface area (Å²) in [5, 5.41) is 17.7. The van der Waals surface area contributed by atoms with Gasteiger partial charge in [0.15, 0.2) is 29.9 Å². The Labute approximate surface area is 241 Å². The van der Waals surface area contributed by atoms with Crippen LogP contribution >= 0.6 is 34.7 Å². The van der Waals surface area contributed by atoms with Gasteiger partial charge in [0, 0.05) is 23.9 Å². The van der Waals surface area contributed by atoms with Gasteiger partial charge in [-0.25, -0.2) is 4.98 Å². The highest BCUT2D eigenvalue weighted by molar-refractivity contribution is 8.00. The van der Waals surface area contributed by atoms with Crippen LogP contribution in [0, 0.1) is 0 Å². The number of hydrogen-bond donors (Lipinski definition) is 5. The summed E-state index contributed by atoms with van der Waals surface area (Å²) in [7, 11) is 1.91. The summed E-state index contributed by atoms with van der Waals surface area (Å²) in [4.78, 5) is 43.5. The number of aromatic nitrogens is 3. The Morgan fingerprint density at radius 1 is 1.43 bits per heavy atom. The van der Waals surface area contributed by atoms with Crippen LogP contribution in [0.25, 0.3) is 11.0 Å². The minimum atomic E-state index is -0.928. The SMILES string of the molecule is CNCCCn1c(N)cc2c1ccc[n+]2CC1=C(C=O)N2C(=O)C(NC(=O)/C(=N\O)c3nc(N)sc3Cl)C2SC1. The van der Waals surface area contributed by atoms with E-state index in [-0.39, 0.29) is 20.9 Å². The molecular weight excluding hydrogens is 578 g/mol. The van der Waals surface area contributed by atoms with Gasteiger partial charge in [-0.2, -0.15) is 4.57 Å². The highest BCUT2D eigenvalue weighted by Crippen LogP contribution is 2.40. The number of nitrogens with zero attached hydrogens (tertiary/aromatic N) is 5. The van der Waals surface area contributed by atoms with Crippen molar-refractivity contribution in [2.45, 2.75) is 30.9 Å². The fourth-order valence-corrected chi connectivity index (χ4v) is 7.18. The number of nitrogen functional groups attached to an aromatic ring is 2. The van der Waals surface area contributed by atoms with Crippen molar-refractivity contribution in [1.29, 1.82) is 0 Å². The van der Waals surface area contributed by atoms with Crippen molar-refractivity contribution in [3.8, 4) is 0 Å². The molecule has 2 atom stereocenters. The lowest BCUT2D eigenvalue weighted by Crippen LogP contribution is -2.70. The third kappa shape index (κ3) is 4.89. The van der Waals surface area contributed by atoms with Crippen molar-refractivity contribution in [2.75, 3.05) is 30.8 Å². The van der Waals surface area contributed by atoms with Gasteiger partial charge < -0.3 is 31.9 Å². The molecule has 13 nitrogen and oxygen atoms in total. The Bertz CT molecular complexity index is 1570. The molecule has 2 aliphatic rings. The molecule has 3 aromatic rings. The number of amides is 2. The van der Waals surface area contributed by atoms with Crippen molar-refractivity contribution in [1.82, 2.24) is 25.1 Å². The number of allylic oxidation sites excluding steroid dienone is 1. The Kier molecular flexibility index (Phi) is 7.98. The molecule has 0 radical (unpaired) electrons. The predicted molar refractivity (Wildman–Crippen MR) is 153 cm³/mol. The Morgan fingerprint density at radius 2 is 2.23 bits per heavy atom. The van der Waals surface area contributed by atoms with Gasteiger partial charge in [-0.05, 0) is 26.1 Å². The minimum Gasteiger partial charge on any atom is -0.410 e. The van der Waals surface area contributed by atoms with Crippen LogP contribution in [0.3, 0.4) is 0 Å². The molecule has 7 N–H and O–H groups in total.